The van der Waals surface area contributed by atoms with Crippen LogP contribution in [0.3, 0.4) is 0 Å². The van der Waals surface area contributed by atoms with Crippen molar-refractivity contribution < 1.29 is 0 Å². The summed E-state index contributed by atoms with van der Waals surface area (Å²) in [6.07, 6.45) is 8.56. The van der Waals surface area contributed by atoms with E-state index in [9.17, 15) is 4.79 Å². The van der Waals surface area contributed by atoms with E-state index in [4.69, 9.17) is 0 Å². The molecule has 1 aromatic heterocycles. The maximum Gasteiger partial charge on any atom is 0.349 e. The first-order chi connectivity index (χ1) is 10.6. The van der Waals surface area contributed by atoms with Crippen molar-refractivity contribution in [2.45, 2.75) is 38.6 Å². The van der Waals surface area contributed by atoms with Crippen LogP contribution in [0.15, 0.2) is 41.5 Å². The van der Waals surface area contributed by atoms with E-state index in [1.54, 1.807) is 0 Å². The first-order valence-electron chi connectivity index (χ1n) is 7.61. The van der Waals surface area contributed by atoms with Gasteiger partial charge in [-0.25, -0.2) is 9.78 Å². The van der Waals surface area contributed by atoms with Gasteiger partial charge in [0.2, 0.25) is 5.95 Å². The standard InChI is InChI=1S/C17H20N4O/c1-3-13-8-6-7-12(2)14(13)17(9-4-5-10-17)21-15-18-11-19-16(22)20-15/h4,6-9,11H,3,5,10H2,1-2H3,(H2,18,19,20,21,22). The van der Waals surface area contributed by atoms with Crippen molar-refractivity contribution in [2.24, 2.45) is 0 Å². The maximum atomic E-state index is 11.4. The predicted molar refractivity (Wildman–Crippen MR) is 86.9 cm³/mol. The van der Waals surface area contributed by atoms with Gasteiger partial charge in [0.25, 0.3) is 0 Å². The van der Waals surface area contributed by atoms with Crippen molar-refractivity contribution in [2.75, 3.05) is 5.32 Å². The van der Waals surface area contributed by atoms with Gasteiger partial charge in [-0.3, -0.25) is 4.98 Å². The lowest BCUT2D eigenvalue weighted by atomic mass is 9.82. The molecule has 114 valence electrons. The van der Waals surface area contributed by atoms with Crippen LogP contribution >= 0.6 is 0 Å². The summed E-state index contributed by atoms with van der Waals surface area (Å²) in [5.41, 5.74) is 3.12. The molecule has 0 fully saturated rings. The molecule has 0 bridgehead atoms. The zero-order valence-corrected chi connectivity index (χ0v) is 12.9. The van der Waals surface area contributed by atoms with E-state index >= 15 is 0 Å². The van der Waals surface area contributed by atoms with Crippen molar-refractivity contribution in [3.8, 4) is 0 Å². The molecular weight excluding hydrogens is 276 g/mol. The lowest BCUT2D eigenvalue weighted by molar-refractivity contribution is 0.579. The molecule has 1 aromatic carbocycles. The number of rotatable bonds is 4. The maximum absolute atomic E-state index is 11.4. The van der Waals surface area contributed by atoms with E-state index in [-0.39, 0.29) is 5.54 Å². The average molecular weight is 296 g/mol. The lowest BCUT2D eigenvalue weighted by Crippen LogP contribution is -2.35. The van der Waals surface area contributed by atoms with Crippen LogP contribution in [-0.4, -0.2) is 15.0 Å². The van der Waals surface area contributed by atoms with Gasteiger partial charge in [-0.2, -0.15) is 4.98 Å². The fourth-order valence-electron chi connectivity index (χ4n) is 3.30. The third-order valence-electron chi connectivity index (χ3n) is 4.22. The Morgan fingerprint density at radius 3 is 2.91 bits per heavy atom. The van der Waals surface area contributed by atoms with Crippen LogP contribution in [0.25, 0.3) is 0 Å². The van der Waals surface area contributed by atoms with Crippen LogP contribution in [0.1, 0.15) is 36.5 Å². The van der Waals surface area contributed by atoms with Crippen LogP contribution in [0, 0.1) is 6.92 Å². The van der Waals surface area contributed by atoms with Crippen molar-refractivity contribution in [1.29, 1.82) is 0 Å². The van der Waals surface area contributed by atoms with Crippen LogP contribution in [0.5, 0.6) is 0 Å². The van der Waals surface area contributed by atoms with E-state index in [2.05, 4.69) is 64.5 Å². The summed E-state index contributed by atoms with van der Waals surface area (Å²) in [6.45, 7) is 4.30. The second-order valence-corrected chi connectivity index (χ2v) is 5.65. The second-order valence-electron chi connectivity index (χ2n) is 5.65. The fraction of sp³-hybridized carbons (Fsp3) is 0.353. The third-order valence-corrected chi connectivity index (χ3v) is 4.22. The Hall–Kier alpha value is -2.43. The minimum absolute atomic E-state index is 0.325. The van der Waals surface area contributed by atoms with Gasteiger partial charge in [-0.1, -0.05) is 37.3 Å². The number of anilines is 1. The first kappa shape index (κ1) is 14.5. The fourth-order valence-corrected chi connectivity index (χ4v) is 3.30. The van der Waals surface area contributed by atoms with E-state index in [0.29, 0.717) is 5.95 Å². The molecule has 1 unspecified atom stereocenters. The molecule has 0 saturated heterocycles. The van der Waals surface area contributed by atoms with Gasteiger partial charge in [-0.05, 0) is 42.9 Å². The quantitative estimate of drug-likeness (QED) is 0.851. The van der Waals surface area contributed by atoms with E-state index < -0.39 is 5.69 Å². The van der Waals surface area contributed by atoms with Crippen LogP contribution in [-0.2, 0) is 12.0 Å². The molecule has 3 rings (SSSR count). The van der Waals surface area contributed by atoms with Crippen molar-refractivity contribution in [1.82, 2.24) is 15.0 Å². The van der Waals surface area contributed by atoms with E-state index in [1.165, 1.54) is 23.0 Å². The molecule has 0 aliphatic heterocycles. The van der Waals surface area contributed by atoms with Gasteiger partial charge >= 0.3 is 5.69 Å². The van der Waals surface area contributed by atoms with E-state index in [1.807, 2.05) is 0 Å². The van der Waals surface area contributed by atoms with Gasteiger partial charge in [0.05, 0.1) is 5.54 Å². The average Bonchev–Trinajstić information content (AvgIpc) is 2.96. The highest BCUT2D eigenvalue weighted by molar-refractivity contribution is 5.50. The Morgan fingerprint density at radius 1 is 1.36 bits per heavy atom. The molecule has 1 heterocycles. The van der Waals surface area contributed by atoms with Crippen LogP contribution in [0.2, 0.25) is 0 Å². The summed E-state index contributed by atoms with van der Waals surface area (Å²) in [5, 5.41) is 3.43. The van der Waals surface area contributed by atoms with Crippen LogP contribution < -0.4 is 11.0 Å². The van der Waals surface area contributed by atoms with Gasteiger partial charge in [-0.15, -0.1) is 0 Å². The van der Waals surface area contributed by atoms with Crippen molar-refractivity contribution in [3.63, 3.8) is 0 Å². The van der Waals surface area contributed by atoms with Crippen LogP contribution in [0.4, 0.5) is 5.95 Å². The molecular formula is C17H20N4O. The number of nitrogens with one attached hydrogen (secondary N) is 2. The molecule has 2 N–H and O–H groups in total. The Morgan fingerprint density at radius 2 is 2.23 bits per heavy atom. The minimum Gasteiger partial charge on any atom is -0.343 e. The Kier molecular flexibility index (Phi) is 3.79. The molecule has 0 saturated carbocycles. The highest BCUT2D eigenvalue weighted by atomic mass is 16.1. The second kappa shape index (κ2) is 5.75. The highest BCUT2D eigenvalue weighted by Crippen LogP contribution is 2.39. The largest absolute Gasteiger partial charge is 0.349 e. The number of benzene rings is 1. The zero-order chi connectivity index (χ0) is 15.6. The molecule has 0 spiro atoms. The lowest BCUT2D eigenvalue weighted by Gasteiger charge is -2.33. The number of aromatic amines is 1. The monoisotopic (exact) mass is 296 g/mol. The van der Waals surface area contributed by atoms with Gasteiger partial charge < -0.3 is 5.32 Å². The summed E-state index contributed by atoms with van der Waals surface area (Å²) in [7, 11) is 0. The molecule has 5 heteroatoms. The summed E-state index contributed by atoms with van der Waals surface area (Å²) < 4.78 is 0. The zero-order valence-electron chi connectivity index (χ0n) is 12.9. The van der Waals surface area contributed by atoms with Gasteiger partial charge in [0.15, 0.2) is 0 Å². The van der Waals surface area contributed by atoms with Gasteiger partial charge in [0.1, 0.15) is 6.33 Å². The number of nitrogens with zero attached hydrogens (tertiary/aromatic N) is 2. The van der Waals surface area contributed by atoms with E-state index in [0.717, 1.165) is 19.3 Å². The number of H-pyrrole nitrogens is 1. The first-order valence-corrected chi connectivity index (χ1v) is 7.61. The summed E-state index contributed by atoms with van der Waals surface area (Å²) in [5.74, 6) is 0.455. The molecule has 22 heavy (non-hydrogen) atoms. The molecule has 1 atom stereocenters. The molecule has 0 radical (unpaired) electrons. The number of aromatic nitrogens is 3. The van der Waals surface area contributed by atoms with Gasteiger partial charge in [0, 0.05) is 0 Å². The summed E-state index contributed by atoms with van der Waals surface area (Å²) in [6, 6.07) is 6.39. The predicted octanol–water partition coefficient (Wildman–Crippen LogP) is 2.69. The number of hydrogen-bond acceptors (Lipinski definition) is 4. The molecule has 1 aliphatic carbocycles. The molecule has 1 aliphatic rings. The molecule has 2 aromatic rings. The minimum atomic E-state index is -0.393. The number of aryl methyl sites for hydroxylation is 2. The van der Waals surface area contributed by atoms with Crippen molar-refractivity contribution in [3.05, 3.63) is 63.9 Å². The van der Waals surface area contributed by atoms with Crippen molar-refractivity contribution >= 4 is 5.95 Å². The summed E-state index contributed by atoms with van der Waals surface area (Å²) in [4.78, 5) is 21.8. The summed E-state index contributed by atoms with van der Waals surface area (Å²) >= 11 is 0. The number of allylic oxidation sites excluding steroid dienone is 1. The Balaban J connectivity index is 2.10. The normalized spacial score (nSPS) is 20.3. The smallest absolute Gasteiger partial charge is 0.343 e. The number of hydrogen-bond donors (Lipinski definition) is 2. The topological polar surface area (TPSA) is 70.7 Å². The Bertz CT molecular complexity index is 765. The molecule has 0 amide bonds. The molecule has 5 nitrogen and oxygen atoms in total. The third kappa shape index (κ3) is 2.54. The SMILES string of the molecule is CCc1cccc(C)c1C1(Nc2ncnc(=O)[nH]2)C=CCC1. The highest BCUT2D eigenvalue weighted by Gasteiger charge is 2.35. The Labute approximate surface area is 129 Å².